The Kier molecular flexibility index (Phi) is 3.63. The van der Waals surface area contributed by atoms with Crippen LogP contribution in [-0.2, 0) is 16.7 Å². The van der Waals surface area contributed by atoms with Crippen molar-refractivity contribution < 1.29 is 17.5 Å². The second-order valence-electron chi connectivity index (χ2n) is 4.40. The quantitative estimate of drug-likeness (QED) is 0.677. The molecule has 5 heteroatoms. The van der Waals surface area contributed by atoms with Crippen LogP contribution in [0.5, 0.6) is 0 Å². The monoisotopic (exact) mass is 266 g/mol. The summed E-state index contributed by atoms with van der Waals surface area (Å²) in [4.78, 5) is 0. The Morgan fingerprint density at radius 2 is 2.06 bits per heavy atom. The van der Waals surface area contributed by atoms with E-state index in [-0.39, 0.29) is 5.75 Å². The highest BCUT2D eigenvalue weighted by molar-refractivity contribution is 7.85. The molecule has 0 amide bonds. The summed E-state index contributed by atoms with van der Waals surface area (Å²) >= 11 is 0. The van der Waals surface area contributed by atoms with Crippen molar-refractivity contribution in [1.29, 1.82) is 0 Å². The summed E-state index contributed by atoms with van der Waals surface area (Å²) < 4.78 is 32.1. The van der Waals surface area contributed by atoms with Crippen LogP contribution in [0.15, 0.2) is 36.5 Å². The molecule has 1 heterocycles. The Hall–Kier alpha value is -1.46. The van der Waals surface area contributed by atoms with Crippen LogP contribution in [-0.4, -0.2) is 18.7 Å². The van der Waals surface area contributed by atoms with Gasteiger partial charge in [-0.05, 0) is 24.6 Å². The first-order valence-corrected chi connectivity index (χ1v) is 7.41. The zero-order valence-corrected chi connectivity index (χ0v) is 11.0. The summed E-state index contributed by atoms with van der Waals surface area (Å²) in [6, 6.07) is 10.1. The number of hydrogen-bond acceptors (Lipinski definition) is 2. The van der Waals surface area contributed by atoms with Crippen molar-refractivity contribution in [2.45, 2.75) is 19.9 Å². The molecule has 2 aromatic rings. The van der Waals surface area contributed by atoms with E-state index in [1.165, 1.54) is 0 Å². The van der Waals surface area contributed by atoms with E-state index < -0.39 is 10.1 Å². The number of fused-ring (bicyclic) bond motifs is 1. The molecule has 1 aromatic heterocycles. The number of benzene rings is 1. The summed E-state index contributed by atoms with van der Waals surface area (Å²) in [5.74, 6) is -0.206. The van der Waals surface area contributed by atoms with Crippen LogP contribution in [0.2, 0.25) is 0 Å². The Morgan fingerprint density at radius 1 is 1.28 bits per heavy atom. The average molecular weight is 266 g/mol. The summed E-state index contributed by atoms with van der Waals surface area (Å²) in [6.45, 7) is 2.59. The second-order valence-corrected chi connectivity index (χ2v) is 5.98. The molecule has 96 valence electrons. The number of hydrogen-bond donors (Lipinski definition) is 1. The van der Waals surface area contributed by atoms with Crippen LogP contribution in [0.25, 0.3) is 10.9 Å². The minimum atomic E-state index is -3.87. The van der Waals surface area contributed by atoms with Crippen molar-refractivity contribution in [3.8, 4) is 0 Å². The van der Waals surface area contributed by atoms with Gasteiger partial charge in [0, 0.05) is 23.9 Å². The van der Waals surface area contributed by atoms with E-state index in [9.17, 15) is 8.42 Å². The third-order valence-corrected chi connectivity index (χ3v) is 3.64. The normalized spacial score (nSPS) is 11.9. The Morgan fingerprint density at radius 3 is 2.78 bits per heavy atom. The molecular weight excluding hydrogens is 250 g/mol. The summed E-state index contributed by atoms with van der Waals surface area (Å²) in [5.41, 5.74) is 2.24. The van der Waals surface area contributed by atoms with Gasteiger partial charge < -0.3 is 0 Å². The van der Waals surface area contributed by atoms with Gasteiger partial charge in [0.05, 0.1) is 5.75 Å². The summed E-state index contributed by atoms with van der Waals surface area (Å²) in [5, 5.41) is 1.12. The maximum atomic E-state index is 10.7. The van der Waals surface area contributed by atoms with Crippen LogP contribution >= 0.6 is 0 Å². The van der Waals surface area contributed by atoms with E-state index in [0.29, 0.717) is 13.0 Å². The van der Waals surface area contributed by atoms with Gasteiger partial charge in [0.25, 0.3) is 10.1 Å². The van der Waals surface area contributed by atoms with E-state index in [4.69, 9.17) is 4.55 Å². The van der Waals surface area contributed by atoms with Crippen molar-refractivity contribution in [3.63, 3.8) is 0 Å². The lowest BCUT2D eigenvalue weighted by Crippen LogP contribution is -2.35. The fourth-order valence-corrected chi connectivity index (χ4v) is 2.48. The zero-order chi connectivity index (χ0) is 13.2. The number of rotatable bonds is 4. The molecule has 0 aliphatic carbocycles. The van der Waals surface area contributed by atoms with Crippen LogP contribution < -0.4 is 4.57 Å². The maximum absolute atomic E-state index is 10.7. The van der Waals surface area contributed by atoms with Crippen LogP contribution in [0.3, 0.4) is 0 Å². The van der Waals surface area contributed by atoms with Gasteiger partial charge in [0.2, 0.25) is 5.52 Å². The van der Waals surface area contributed by atoms with Gasteiger partial charge in [-0.15, -0.1) is 0 Å². The minimum absolute atomic E-state index is 0.206. The molecule has 1 aromatic carbocycles. The summed E-state index contributed by atoms with van der Waals surface area (Å²) in [7, 11) is -3.87. The van der Waals surface area contributed by atoms with Crippen LogP contribution in [0.4, 0.5) is 0 Å². The average Bonchev–Trinajstić information content (AvgIpc) is 2.28. The lowest BCUT2D eigenvalue weighted by Gasteiger charge is -2.02. The third-order valence-electron chi connectivity index (χ3n) is 2.84. The largest absolute Gasteiger partial charge is 0.286 e. The standard InChI is InChI=1S/C13H15NO3S/c1-11-5-6-12-4-2-7-14(13(12)10-11)8-3-9-18(15,16)17/h2,4-7,10H,3,8-9H2,1H3/p+1. The molecule has 4 nitrogen and oxygen atoms in total. The first-order valence-electron chi connectivity index (χ1n) is 5.80. The molecule has 18 heavy (non-hydrogen) atoms. The fourth-order valence-electron chi connectivity index (χ4n) is 1.99. The highest BCUT2D eigenvalue weighted by Crippen LogP contribution is 2.11. The van der Waals surface area contributed by atoms with Crippen LogP contribution in [0.1, 0.15) is 12.0 Å². The number of nitrogens with zero attached hydrogens (tertiary/aromatic N) is 1. The van der Waals surface area contributed by atoms with Gasteiger partial charge in [-0.3, -0.25) is 4.55 Å². The predicted molar refractivity (Wildman–Crippen MR) is 69.9 cm³/mol. The van der Waals surface area contributed by atoms with Crippen molar-refractivity contribution in [2.75, 3.05) is 5.75 Å². The minimum Gasteiger partial charge on any atom is -0.286 e. The molecule has 0 spiro atoms. The lowest BCUT2D eigenvalue weighted by molar-refractivity contribution is -0.671. The van der Waals surface area contributed by atoms with Gasteiger partial charge in [0.1, 0.15) is 6.54 Å². The molecule has 1 N–H and O–H groups in total. The summed E-state index contributed by atoms with van der Waals surface area (Å²) in [6.07, 6.45) is 2.32. The van der Waals surface area contributed by atoms with Crippen LogP contribution in [0, 0.1) is 6.92 Å². The first kappa shape index (κ1) is 13.0. The van der Waals surface area contributed by atoms with Gasteiger partial charge in [-0.2, -0.15) is 13.0 Å². The SMILES string of the molecule is Cc1ccc2ccc[n+](CCCS(=O)(=O)O)c2c1. The van der Waals surface area contributed by atoms with Crippen molar-refractivity contribution >= 4 is 21.0 Å². The van der Waals surface area contributed by atoms with Crippen molar-refractivity contribution in [2.24, 2.45) is 0 Å². The zero-order valence-electron chi connectivity index (χ0n) is 10.2. The lowest BCUT2D eigenvalue weighted by atomic mass is 10.1. The molecule has 0 aliphatic heterocycles. The van der Waals surface area contributed by atoms with E-state index >= 15 is 0 Å². The van der Waals surface area contributed by atoms with E-state index in [1.807, 2.05) is 42.0 Å². The number of aryl methyl sites for hydroxylation is 2. The first-order chi connectivity index (χ1) is 8.46. The topological polar surface area (TPSA) is 58.2 Å². The van der Waals surface area contributed by atoms with Crippen molar-refractivity contribution in [1.82, 2.24) is 0 Å². The van der Waals surface area contributed by atoms with Gasteiger partial charge >= 0.3 is 0 Å². The van der Waals surface area contributed by atoms with E-state index in [0.717, 1.165) is 16.5 Å². The predicted octanol–water partition coefficient (Wildman–Crippen LogP) is 1.71. The Labute approximate surface area is 107 Å². The molecule has 0 radical (unpaired) electrons. The van der Waals surface area contributed by atoms with Gasteiger partial charge in [-0.1, -0.05) is 6.07 Å². The Bertz CT molecular complexity index is 665. The molecule has 0 fully saturated rings. The maximum Gasteiger partial charge on any atom is 0.265 e. The highest BCUT2D eigenvalue weighted by atomic mass is 32.2. The van der Waals surface area contributed by atoms with E-state index in [1.54, 1.807) is 0 Å². The van der Waals surface area contributed by atoms with Crippen molar-refractivity contribution in [3.05, 3.63) is 42.1 Å². The molecule has 2 rings (SSSR count). The number of pyridine rings is 1. The fraction of sp³-hybridized carbons (Fsp3) is 0.308. The smallest absolute Gasteiger partial charge is 0.265 e. The molecule has 0 unspecified atom stereocenters. The highest BCUT2D eigenvalue weighted by Gasteiger charge is 2.11. The third kappa shape index (κ3) is 3.27. The molecular formula is C13H16NO3S+. The number of aromatic nitrogens is 1. The molecule has 0 saturated carbocycles. The van der Waals surface area contributed by atoms with E-state index in [2.05, 4.69) is 6.07 Å². The molecule has 0 aliphatic rings. The Balaban J connectivity index is 2.25. The molecule has 0 bridgehead atoms. The second kappa shape index (κ2) is 5.04. The molecule has 0 saturated heterocycles. The molecule has 0 atom stereocenters. The van der Waals surface area contributed by atoms with Gasteiger partial charge in [-0.25, -0.2) is 0 Å². The van der Waals surface area contributed by atoms with Gasteiger partial charge in [0.15, 0.2) is 6.20 Å².